The molecule has 4 nitrogen and oxygen atoms in total. The van der Waals surface area contributed by atoms with Crippen molar-refractivity contribution in [2.24, 2.45) is 5.73 Å². The Labute approximate surface area is 115 Å². The maximum absolute atomic E-state index is 6.29. The lowest BCUT2D eigenvalue weighted by Crippen LogP contribution is -2.29. The Morgan fingerprint density at radius 1 is 1.26 bits per heavy atom. The first kappa shape index (κ1) is 14.2. The molecule has 0 aromatic heterocycles. The van der Waals surface area contributed by atoms with Crippen molar-refractivity contribution in [1.82, 2.24) is 5.32 Å². The van der Waals surface area contributed by atoms with Gasteiger partial charge >= 0.3 is 0 Å². The molecule has 106 valence electrons. The Kier molecular flexibility index (Phi) is 4.32. The van der Waals surface area contributed by atoms with E-state index in [9.17, 15) is 0 Å². The monoisotopic (exact) mass is 264 g/mol. The van der Waals surface area contributed by atoms with E-state index in [4.69, 9.17) is 15.2 Å². The van der Waals surface area contributed by atoms with Crippen molar-refractivity contribution in [3.8, 4) is 11.5 Å². The van der Waals surface area contributed by atoms with Crippen LogP contribution in [0.25, 0.3) is 0 Å². The summed E-state index contributed by atoms with van der Waals surface area (Å²) < 4.78 is 11.0. The zero-order valence-corrected chi connectivity index (χ0v) is 12.2. The maximum atomic E-state index is 6.29. The van der Waals surface area contributed by atoms with Crippen LogP contribution >= 0.6 is 0 Å². The first-order chi connectivity index (χ1) is 9.08. The summed E-state index contributed by atoms with van der Waals surface area (Å²) in [5.74, 6) is 1.75. The first-order valence-corrected chi connectivity index (χ1v) is 6.79. The number of ether oxygens (including phenoxy) is 2. The summed E-state index contributed by atoms with van der Waals surface area (Å²) in [6.07, 6.45) is 2.53. The lowest BCUT2D eigenvalue weighted by atomic mass is 9.98. The Bertz CT molecular complexity index is 456. The average Bonchev–Trinajstić information content (AvgIpc) is 3.23. The summed E-state index contributed by atoms with van der Waals surface area (Å²) in [6, 6.07) is 2.58. The summed E-state index contributed by atoms with van der Waals surface area (Å²) in [6.45, 7) is 4.85. The van der Waals surface area contributed by atoms with Crippen LogP contribution in [0, 0.1) is 13.8 Å². The van der Waals surface area contributed by atoms with Crippen LogP contribution in [-0.4, -0.2) is 26.8 Å². The highest BCUT2D eigenvalue weighted by Crippen LogP contribution is 2.36. The predicted molar refractivity (Wildman–Crippen MR) is 77.0 cm³/mol. The van der Waals surface area contributed by atoms with E-state index in [-0.39, 0.29) is 6.04 Å². The smallest absolute Gasteiger partial charge is 0.127 e. The molecule has 0 heterocycles. The van der Waals surface area contributed by atoms with Crippen molar-refractivity contribution < 1.29 is 9.47 Å². The minimum Gasteiger partial charge on any atom is -0.496 e. The van der Waals surface area contributed by atoms with E-state index in [0.717, 1.165) is 34.7 Å². The zero-order chi connectivity index (χ0) is 14.0. The van der Waals surface area contributed by atoms with Crippen LogP contribution in [-0.2, 0) is 0 Å². The molecule has 1 aromatic carbocycles. The molecule has 0 spiro atoms. The zero-order valence-electron chi connectivity index (χ0n) is 12.2. The molecule has 3 N–H and O–H groups in total. The van der Waals surface area contributed by atoms with E-state index < -0.39 is 0 Å². The van der Waals surface area contributed by atoms with Crippen LogP contribution in [0.1, 0.15) is 35.6 Å². The van der Waals surface area contributed by atoms with Crippen molar-refractivity contribution >= 4 is 0 Å². The molecule has 1 aromatic rings. The summed E-state index contributed by atoms with van der Waals surface area (Å²) in [4.78, 5) is 0. The van der Waals surface area contributed by atoms with Gasteiger partial charge in [-0.05, 0) is 43.9 Å². The third-order valence-electron chi connectivity index (χ3n) is 3.85. The Balaban J connectivity index is 2.27. The molecule has 1 fully saturated rings. The van der Waals surface area contributed by atoms with Gasteiger partial charge in [0.1, 0.15) is 11.5 Å². The highest BCUT2D eigenvalue weighted by Gasteiger charge is 2.23. The lowest BCUT2D eigenvalue weighted by molar-refractivity contribution is 0.389. The van der Waals surface area contributed by atoms with Crippen LogP contribution in [0.15, 0.2) is 6.07 Å². The summed E-state index contributed by atoms with van der Waals surface area (Å²) in [7, 11) is 3.38. The molecule has 0 radical (unpaired) electrons. The normalized spacial score (nSPS) is 16.3. The summed E-state index contributed by atoms with van der Waals surface area (Å²) in [5, 5.41) is 3.46. The number of nitrogens with one attached hydrogen (secondary N) is 1. The molecule has 1 atom stereocenters. The third kappa shape index (κ3) is 3.01. The molecular weight excluding hydrogens is 240 g/mol. The Hall–Kier alpha value is -1.26. The largest absolute Gasteiger partial charge is 0.496 e. The summed E-state index contributed by atoms with van der Waals surface area (Å²) >= 11 is 0. The molecule has 2 rings (SSSR count). The van der Waals surface area contributed by atoms with Gasteiger partial charge in [-0.15, -0.1) is 0 Å². The first-order valence-electron chi connectivity index (χ1n) is 6.79. The van der Waals surface area contributed by atoms with Gasteiger partial charge in [0.25, 0.3) is 0 Å². The molecule has 19 heavy (non-hydrogen) atoms. The Morgan fingerprint density at radius 3 is 2.47 bits per heavy atom. The minimum absolute atomic E-state index is 0.0799. The van der Waals surface area contributed by atoms with Gasteiger partial charge in [-0.25, -0.2) is 0 Å². The highest BCUT2D eigenvalue weighted by atomic mass is 16.5. The second-order valence-electron chi connectivity index (χ2n) is 5.24. The van der Waals surface area contributed by atoms with Gasteiger partial charge < -0.3 is 20.5 Å². The molecule has 1 aliphatic carbocycles. The number of methoxy groups -OCH3 is 2. The van der Waals surface area contributed by atoms with Crippen LogP contribution < -0.4 is 20.5 Å². The lowest BCUT2D eigenvalue weighted by Gasteiger charge is -2.21. The third-order valence-corrected chi connectivity index (χ3v) is 3.85. The number of rotatable bonds is 6. The summed E-state index contributed by atoms with van der Waals surface area (Å²) in [5.41, 5.74) is 9.50. The number of nitrogens with two attached hydrogens (primary N) is 1. The second-order valence-corrected chi connectivity index (χ2v) is 5.24. The molecule has 0 aliphatic heterocycles. The van der Waals surface area contributed by atoms with Crippen LogP contribution in [0.4, 0.5) is 0 Å². The van der Waals surface area contributed by atoms with Gasteiger partial charge in [0.15, 0.2) is 0 Å². The van der Waals surface area contributed by atoms with Crippen molar-refractivity contribution in [3.05, 3.63) is 22.8 Å². The highest BCUT2D eigenvalue weighted by molar-refractivity contribution is 5.53. The van der Waals surface area contributed by atoms with Gasteiger partial charge in [0.05, 0.1) is 14.2 Å². The molecule has 1 aliphatic rings. The molecular formula is C15H24N2O2. The fourth-order valence-corrected chi connectivity index (χ4v) is 2.34. The fourth-order valence-electron chi connectivity index (χ4n) is 2.34. The molecule has 0 saturated heterocycles. The van der Waals surface area contributed by atoms with Crippen molar-refractivity contribution in [2.45, 2.75) is 38.8 Å². The second kappa shape index (κ2) is 5.80. The Morgan fingerprint density at radius 2 is 1.95 bits per heavy atom. The standard InChI is InChI=1S/C15H24N2O2/c1-9-10(2)15(19-4)12(7-14(9)18-3)13(16)8-17-11-5-6-11/h7,11,13,17H,5-6,8,16H2,1-4H3. The molecule has 0 amide bonds. The number of benzene rings is 1. The minimum atomic E-state index is -0.0799. The number of hydrogen-bond acceptors (Lipinski definition) is 4. The number of hydrogen-bond donors (Lipinski definition) is 2. The van der Waals surface area contributed by atoms with Crippen molar-refractivity contribution in [3.63, 3.8) is 0 Å². The van der Waals surface area contributed by atoms with E-state index in [2.05, 4.69) is 5.32 Å². The van der Waals surface area contributed by atoms with E-state index in [1.165, 1.54) is 12.8 Å². The van der Waals surface area contributed by atoms with Crippen LogP contribution in [0.5, 0.6) is 11.5 Å². The van der Waals surface area contributed by atoms with Crippen molar-refractivity contribution in [1.29, 1.82) is 0 Å². The van der Waals surface area contributed by atoms with Gasteiger partial charge in [0, 0.05) is 24.2 Å². The average molecular weight is 264 g/mol. The molecule has 1 unspecified atom stereocenters. The van der Waals surface area contributed by atoms with Gasteiger partial charge in [-0.1, -0.05) is 0 Å². The quantitative estimate of drug-likeness (QED) is 0.826. The molecule has 0 bridgehead atoms. The van der Waals surface area contributed by atoms with Crippen LogP contribution in [0.2, 0.25) is 0 Å². The molecule has 4 heteroatoms. The molecule has 1 saturated carbocycles. The predicted octanol–water partition coefficient (Wildman–Crippen LogP) is 2.07. The maximum Gasteiger partial charge on any atom is 0.127 e. The van der Waals surface area contributed by atoms with E-state index in [1.807, 2.05) is 19.9 Å². The van der Waals surface area contributed by atoms with Gasteiger partial charge in [0.2, 0.25) is 0 Å². The van der Waals surface area contributed by atoms with Gasteiger partial charge in [-0.2, -0.15) is 0 Å². The fraction of sp³-hybridized carbons (Fsp3) is 0.600. The topological polar surface area (TPSA) is 56.5 Å². The van der Waals surface area contributed by atoms with E-state index in [1.54, 1.807) is 14.2 Å². The SMILES string of the molecule is COc1cc(C(N)CNC2CC2)c(OC)c(C)c1C. The van der Waals surface area contributed by atoms with Crippen LogP contribution in [0.3, 0.4) is 0 Å². The van der Waals surface area contributed by atoms with E-state index >= 15 is 0 Å². The van der Waals surface area contributed by atoms with Crippen molar-refractivity contribution in [2.75, 3.05) is 20.8 Å². The van der Waals surface area contributed by atoms with E-state index in [0.29, 0.717) is 6.04 Å². The van der Waals surface area contributed by atoms with Gasteiger partial charge in [-0.3, -0.25) is 0 Å².